The third-order valence-electron chi connectivity index (χ3n) is 5.05. The molecule has 1 aliphatic rings. The van der Waals surface area contributed by atoms with E-state index in [4.69, 9.17) is 5.26 Å². The van der Waals surface area contributed by atoms with E-state index in [1.54, 1.807) is 17.0 Å². The highest BCUT2D eigenvalue weighted by molar-refractivity contribution is 5.57. The highest BCUT2D eigenvalue weighted by Crippen LogP contribution is 2.39. The minimum Gasteiger partial charge on any atom is -0.508 e. The predicted molar refractivity (Wildman–Crippen MR) is 93.1 cm³/mol. The second-order valence-corrected chi connectivity index (χ2v) is 6.73. The molecule has 0 bridgehead atoms. The topological polar surface area (TPSA) is 47.3 Å². The molecular weight excluding hydrogens is 360 g/mol. The number of nitrogens with zero attached hydrogens (tertiary/aromatic N) is 2. The first-order chi connectivity index (χ1) is 12.7. The van der Waals surface area contributed by atoms with Crippen molar-refractivity contribution in [1.82, 2.24) is 0 Å². The van der Waals surface area contributed by atoms with Crippen LogP contribution in [0.2, 0.25) is 0 Å². The maximum absolute atomic E-state index is 14.6. The van der Waals surface area contributed by atoms with Crippen molar-refractivity contribution in [2.24, 2.45) is 0 Å². The summed E-state index contributed by atoms with van der Waals surface area (Å²) in [6.45, 7) is 2.72. The van der Waals surface area contributed by atoms with Crippen molar-refractivity contribution in [3.63, 3.8) is 0 Å². The molecule has 2 aromatic carbocycles. The number of alkyl halides is 3. The average Bonchev–Trinajstić information content (AvgIpc) is 2.60. The molecule has 1 saturated heterocycles. The van der Waals surface area contributed by atoms with E-state index in [9.17, 15) is 22.7 Å². The van der Waals surface area contributed by atoms with E-state index in [1.165, 1.54) is 12.1 Å². The van der Waals surface area contributed by atoms with Gasteiger partial charge in [0.25, 0.3) is 0 Å². The van der Waals surface area contributed by atoms with Crippen LogP contribution in [0.3, 0.4) is 0 Å². The van der Waals surface area contributed by atoms with Gasteiger partial charge in [-0.1, -0.05) is 6.07 Å². The number of phenols is 1. The zero-order chi connectivity index (χ0) is 19.8. The molecule has 0 saturated carbocycles. The van der Waals surface area contributed by atoms with Crippen molar-refractivity contribution < 1.29 is 22.7 Å². The summed E-state index contributed by atoms with van der Waals surface area (Å²) >= 11 is 0. The summed E-state index contributed by atoms with van der Waals surface area (Å²) in [4.78, 5) is 1.60. The standard InChI is InChI=1S/C20H18F4N2O/c1-12-10-15(27)3-4-16(12)13-6-8-26(9-7-13)17-5-2-14(11-25)18(19(17)21)20(22,23)24/h2-5,10,13,27H,6-9H2,1H3. The summed E-state index contributed by atoms with van der Waals surface area (Å²) in [6.07, 6.45) is -3.61. The van der Waals surface area contributed by atoms with E-state index in [2.05, 4.69) is 0 Å². The van der Waals surface area contributed by atoms with Gasteiger partial charge in [0.2, 0.25) is 0 Å². The van der Waals surface area contributed by atoms with Crippen LogP contribution in [-0.2, 0) is 6.18 Å². The number of hydrogen-bond donors (Lipinski definition) is 1. The van der Waals surface area contributed by atoms with Gasteiger partial charge in [-0.25, -0.2) is 4.39 Å². The zero-order valence-corrected chi connectivity index (χ0v) is 14.6. The Morgan fingerprint density at radius 2 is 1.81 bits per heavy atom. The largest absolute Gasteiger partial charge is 0.508 e. The van der Waals surface area contributed by atoms with E-state index in [-0.39, 0.29) is 17.4 Å². The quantitative estimate of drug-likeness (QED) is 0.739. The lowest BCUT2D eigenvalue weighted by Crippen LogP contribution is -2.34. The second-order valence-electron chi connectivity index (χ2n) is 6.73. The molecule has 0 radical (unpaired) electrons. The van der Waals surface area contributed by atoms with Crippen molar-refractivity contribution in [2.75, 3.05) is 18.0 Å². The van der Waals surface area contributed by atoms with Crippen LogP contribution in [0.4, 0.5) is 23.2 Å². The van der Waals surface area contributed by atoms with Gasteiger partial charge in [-0.2, -0.15) is 18.4 Å². The number of aryl methyl sites for hydroxylation is 1. The Labute approximate surface area is 154 Å². The fourth-order valence-electron chi connectivity index (χ4n) is 3.73. The molecule has 27 heavy (non-hydrogen) atoms. The Morgan fingerprint density at radius 1 is 1.15 bits per heavy atom. The number of rotatable bonds is 2. The number of phenolic OH excluding ortho intramolecular Hbond substituents is 1. The molecule has 3 rings (SSSR count). The third kappa shape index (κ3) is 3.70. The molecular formula is C20H18F4N2O. The molecule has 0 atom stereocenters. The highest BCUT2D eigenvalue weighted by Gasteiger charge is 2.39. The van der Waals surface area contributed by atoms with Gasteiger partial charge >= 0.3 is 6.18 Å². The molecule has 0 amide bonds. The van der Waals surface area contributed by atoms with E-state index in [1.807, 2.05) is 13.0 Å². The molecule has 3 nitrogen and oxygen atoms in total. The molecule has 0 aliphatic carbocycles. The van der Waals surface area contributed by atoms with E-state index < -0.39 is 23.1 Å². The van der Waals surface area contributed by atoms with Crippen molar-refractivity contribution in [3.05, 3.63) is 58.4 Å². The second kappa shape index (κ2) is 7.10. The fraction of sp³-hybridized carbons (Fsp3) is 0.350. The summed E-state index contributed by atoms with van der Waals surface area (Å²) in [5, 5.41) is 18.4. The lowest BCUT2D eigenvalue weighted by atomic mass is 9.86. The SMILES string of the molecule is Cc1cc(O)ccc1C1CCN(c2ccc(C#N)c(C(F)(F)F)c2F)CC1. The van der Waals surface area contributed by atoms with Gasteiger partial charge in [0.15, 0.2) is 5.82 Å². The van der Waals surface area contributed by atoms with Crippen LogP contribution in [-0.4, -0.2) is 18.2 Å². The van der Waals surface area contributed by atoms with Crippen molar-refractivity contribution in [1.29, 1.82) is 5.26 Å². The maximum atomic E-state index is 14.6. The molecule has 0 aromatic heterocycles. The molecule has 1 heterocycles. The molecule has 2 aromatic rings. The molecule has 142 valence electrons. The summed E-state index contributed by atoms with van der Waals surface area (Å²) < 4.78 is 54.1. The zero-order valence-electron chi connectivity index (χ0n) is 14.6. The first-order valence-electron chi connectivity index (χ1n) is 8.56. The Balaban J connectivity index is 1.83. The van der Waals surface area contributed by atoms with E-state index in [0.29, 0.717) is 25.9 Å². The monoisotopic (exact) mass is 378 g/mol. The number of piperidine rings is 1. The van der Waals surface area contributed by atoms with Crippen molar-refractivity contribution in [3.8, 4) is 11.8 Å². The minimum absolute atomic E-state index is 0.123. The van der Waals surface area contributed by atoms with Crippen LogP contribution in [0.15, 0.2) is 30.3 Å². The average molecular weight is 378 g/mol. The van der Waals surface area contributed by atoms with Crippen molar-refractivity contribution in [2.45, 2.75) is 31.9 Å². The molecule has 1 aliphatic heterocycles. The predicted octanol–water partition coefficient (Wildman–Crippen LogP) is 5.11. The number of nitriles is 1. The maximum Gasteiger partial charge on any atom is 0.420 e. The number of benzene rings is 2. The van der Waals surface area contributed by atoms with Crippen LogP contribution in [0, 0.1) is 24.1 Å². The molecule has 1 fully saturated rings. The molecule has 0 spiro atoms. The van der Waals surface area contributed by atoms with Gasteiger partial charge in [0, 0.05) is 13.1 Å². The van der Waals surface area contributed by atoms with Crippen LogP contribution >= 0.6 is 0 Å². The fourth-order valence-corrected chi connectivity index (χ4v) is 3.73. The van der Waals surface area contributed by atoms with Crippen LogP contribution in [0.5, 0.6) is 5.75 Å². The van der Waals surface area contributed by atoms with Crippen molar-refractivity contribution >= 4 is 5.69 Å². The Kier molecular flexibility index (Phi) is 5.01. The summed E-state index contributed by atoms with van der Waals surface area (Å²) in [5.41, 5.74) is -0.291. The van der Waals surface area contributed by atoms with Gasteiger partial charge in [-0.15, -0.1) is 0 Å². The summed E-state index contributed by atoms with van der Waals surface area (Å²) in [6, 6.07) is 8.83. The van der Waals surface area contributed by atoms with E-state index in [0.717, 1.165) is 17.2 Å². The first-order valence-corrected chi connectivity index (χ1v) is 8.56. The van der Waals surface area contributed by atoms with Gasteiger partial charge in [-0.05, 0) is 61.1 Å². The molecule has 0 unspecified atom stereocenters. The normalized spacial score (nSPS) is 15.6. The molecule has 1 N–H and O–H groups in total. The number of aromatic hydroxyl groups is 1. The smallest absolute Gasteiger partial charge is 0.420 e. The third-order valence-corrected chi connectivity index (χ3v) is 5.05. The van der Waals surface area contributed by atoms with Gasteiger partial charge in [0.1, 0.15) is 11.3 Å². The van der Waals surface area contributed by atoms with Gasteiger partial charge in [0.05, 0.1) is 17.3 Å². The van der Waals surface area contributed by atoms with Crippen LogP contribution in [0.1, 0.15) is 41.0 Å². The lowest BCUT2D eigenvalue weighted by molar-refractivity contribution is -0.140. The molecule has 7 heteroatoms. The summed E-state index contributed by atoms with van der Waals surface area (Å²) in [5.74, 6) is -1.00. The lowest BCUT2D eigenvalue weighted by Gasteiger charge is -2.35. The van der Waals surface area contributed by atoms with Crippen LogP contribution < -0.4 is 4.90 Å². The van der Waals surface area contributed by atoms with Crippen LogP contribution in [0.25, 0.3) is 0 Å². The summed E-state index contributed by atoms with van der Waals surface area (Å²) in [7, 11) is 0. The Hall–Kier alpha value is -2.75. The number of halogens is 4. The highest BCUT2D eigenvalue weighted by atomic mass is 19.4. The van der Waals surface area contributed by atoms with Gasteiger partial charge < -0.3 is 10.0 Å². The number of anilines is 1. The first kappa shape index (κ1) is 19.0. The van der Waals surface area contributed by atoms with E-state index >= 15 is 0 Å². The Morgan fingerprint density at radius 3 is 2.37 bits per heavy atom. The minimum atomic E-state index is -4.92. The Bertz CT molecular complexity index is 894. The van der Waals surface area contributed by atoms with Gasteiger partial charge in [-0.3, -0.25) is 0 Å². The number of hydrogen-bond acceptors (Lipinski definition) is 3.